The molecule has 1 fully saturated rings. The van der Waals surface area contributed by atoms with E-state index in [2.05, 4.69) is 16.3 Å². The van der Waals surface area contributed by atoms with Crippen molar-refractivity contribution in [3.63, 3.8) is 0 Å². The lowest BCUT2D eigenvalue weighted by molar-refractivity contribution is 0.0920. The first-order valence-corrected chi connectivity index (χ1v) is 10.0. The summed E-state index contributed by atoms with van der Waals surface area (Å²) in [4.78, 5) is 15.4. The van der Waals surface area contributed by atoms with Crippen LogP contribution in [0.15, 0.2) is 42.5 Å². The molecule has 1 amide bonds. The largest absolute Gasteiger partial charge is 0.497 e. The molecule has 1 aliphatic heterocycles. The number of hydrogen-bond donors (Lipinski definition) is 1. The molecule has 1 N–H and O–H groups in total. The minimum absolute atomic E-state index is 0.0482. The number of carbonyl (C=O) groups excluding carboxylic acids is 1. The third-order valence-corrected chi connectivity index (χ3v) is 5.44. The fraction of sp³-hybridized carbons (Fsp3) is 0.435. The van der Waals surface area contributed by atoms with E-state index in [0.29, 0.717) is 23.6 Å². The number of methoxy groups -OCH3 is 3. The summed E-state index contributed by atoms with van der Waals surface area (Å²) in [7, 11) is 4.83. The number of likely N-dealkylation sites (tertiary alicyclic amines) is 1. The molecule has 0 radical (unpaired) electrons. The molecular weight excluding hydrogens is 368 g/mol. The normalized spacial score (nSPS) is 15.4. The number of benzene rings is 2. The molecule has 0 saturated carbocycles. The number of nitrogens with one attached hydrogen (secondary N) is 1. The first kappa shape index (κ1) is 21.0. The Kier molecular flexibility index (Phi) is 7.36. The first-order chi connectivity index (χ1) is 14.2. The van der Waals surface area contributed by atoms with Crippen molar-refractivity contribution in [3.05, 3.63) is 53.6 Å². The molecule has 2 aromatic rings. The molecule has 3 rings (SSSR count). The van der Waals surface area contributed by atoms with E-state index in [4.69, 9.17) is 14.2 Å². The average Bonchev–Trinajstić information content (AvgIpc) is 2.79. The van der Waals surface area contributed by atoms with Gasteiger partial charge in [0.25, 0.3) is 5.91 Å². The maximum Gasteiger partial charge on any atom is 0.255 e. The number of piperidine rings is 1. The van der Waals surface area contributed by atoms with Crippen molar-refractivity contribution < 1.29 is 19.0 Å². The molecule has 1 atom stereocenters. The van der Waals surface area contributed by atoms with Gasteiger partial charge in [0, 0.05) is 12.1 Å². The molecule has 0 bridgehead atoms. The SMILES string of the molecule is COc1ccc(OC)c(C(=O)NCC(c2ccccc2OC)N2CCCCC2)c1. The van der Waals surface area contributed by atoms with Crippen LogP contribution in [0.5, 0.6) is 17.2 Å². The molecule has 6 nitrogen and oxygen atoms in total. The molecule has 0 spiro atoms. The Bertz CT molecular complexity index is 818. The van der Waals surface area contributed by atoms with E-state index in [1.165, 1.54) is 19.3 Å². The van der Waals surface area contributed by atoms with Gasteiger partial charge in [0.1, 0.15) is 17.2 Å². The Hall–Kier alpha value is -2.73. The van der Waals surface area contributed by atoms with Crippen LogP contribution in [-0.2, 0) is 0 Å². The fourth-order valence-electron chi connectivity index (χ4n) is 3.88. The molecule has 6 heteroatoms. The van der Waals surface area contributed by atoms with E-state index in [9.17, 15) is 4.79 Å². The number of rotatable bonds is 8. The monoisotopic (exact) mass is 398 g/mol. The Balaban J connectivity index is 1.82. The Morgan fingerprint density at radius 1 is 0.966 bits per heavy atom. The lowest BCUT2D eigenvalue weighted by Crippen LogP contribution is -2.40. The molecule has 0 aliphatic carbocycles. The van der Waals surface area contributed by atoms with Crippen LogP contribution in [0.3, 0.4) is 0 Å². The highest BCUT2D eigenvalue weighted by atomic mass is 16.5. The fourth-order valence-corrected chi connectivity index (χ4v) is 3.88. The van der Waals surface area contributed by atoms with Gasteiger partial charge in [-0.2, -0.15) is 0 Å². The standard InChI is InChI=1S/C23H30N2O4/c1-27-17-11-12-22(29-3)19(15-17)23(26)24-16-20(25-13-7-4-8-14-25)18-9-5-6-10-21(18)28-2/h5-6,9-12,15,20H,4,7-8,13-14,16H2,1-3H3,(H,24,26). The van der Waals surface area contributed by atoms with Gasteiger partial charge in [-0.3, -0.25) is 9.69 Å². The van der Waals surface area contributed by atoms with Crippen LogP contribution in [-0.4, -0.2) is 51.8 Å². The predicted octanol–water partition coefficient (Wildman–Crippen LogP) is 3.67. The predicted molar refractivity (Wildman–Crippen MR) is 113 cm³/mol. The van der Waals surface area contributed by atoms with E-state index >= 15 is 0 Å². The van der Waals surface area contributed by atoms with Crippen molar-refractivity contribution in [1.82, 2.24) is 10.2 Å². The number of ether oxygens (including phenoxy) is 3. The van der Waals surface area contributed by atoms with Gasteiger partial charge in [-0.15, -0.1) is 0 Å². The van der Waals surface area contributed by atoms with Gasteiger partial charge in [0.15, 0.2) is 0 Å². The highest BCUT2D eigenvalue weighted by Crippen LogP contribution is 2.31. The van der Waals surface area contributed by atoms with E-state index in [1.807, 2.05) is 18.2 Å². The summed E-state index contributed by atoms with van der Waals surface area (Å²) in [6, 6.07) is 13.3. The van der Waals surface area contributed by atoms with Gasteiger partial charge in [-0.1, -0.05) is 24.6 Å². The van der Waals surface area contributed by atoms with E-state index < -0.39 is 0 Å². The van der Waals surface area contributed by atoms with E-state index in [0.717, 1.165) is 24.4 Å². The second kappa shape index (κ2) is 10.2. The van der Waals surface area contributed by atoms with Crippen molar-refractivity contribution in [2.45, 2.75) is 25.3 Å². The molecule has 156 valence electrons. The van der Waals surface area contributed by atoms with Crippen molar-refractivity contribution in [2.75, 3.05) is 41.0 Å². The zero-order chi connectivity index (χ0) is 20.6. The van der Waals surface area contributed by atoms with Crippen LogP contribution in [0.4, 0.5) is 0 Å². The third kappa shape index (κ3) is 5.01. The Morgan fingerprint density at radius 2 is 1.69 bits per heavy atom. The number of para-hydroxylation sites is 1. The van der Waals surface area contributed by atoms with Gasteiger partial charge < -0.3 is 19.5 Å². The molecule has 2 aromatic carbocycles. The van der Waals surface area contributed by atoms with Gasteiger partial charge in [0.2, 0.25) is 0 Å². The highest BCUT2D eigenvalue weighted by molar-refractivity contribution is 5.97. The maximum absolute atomic E-state index is 13.0. The van der Waals surface area contributed by atoms with Crippen LogP contribution >= 0.6 is 0 Å². The summed E-state index contributed by atoms with van der Waals surface area (Å²) in [5, 5.41) is 3.10. The quantitative estimate of drug-likeness (QED) is 0.735. The molecule has 0 aromatic heterocycles. The first-order valence-electron chi connectivity index (χ1n) is 10.0. The van der Waals surface area contributed by atoms with E-state index in [-0.39, 0.29) is 11.9 Å². The zero-order valence-electron chi connectivity index (χ0n) is 17.4. The second-order valence-corrected chi connectivity index (χ2v) is 7.13. The van der Waals surface area contributed by atoms with Crippen LogP contribution < -0.4 is 19.5 Å². The Morgan fingerprint density at radius 3 is 2.38 bits per heavy atom. The van der Waals surface area contributed by atoms with Gasteiger partial charge in [-0.25, -0.2) is 0 Å². The van der Waals surface area contributed by atoms with Crippen LogP contribution in [0.1, 0.15) is 41.2 Å². The summed E-state index contributed by atoms with van der Waals surface area (Å²) in [6.45, 7) is 2.52. The minimum Gasteiger partial charge on any atom is -0.497 e. The van der Waals surface area contributed by atoms with Crippen LogP contribution in [0, 0.1) is 0 Å². The molecule has 1 unspecified atom stereocenters. The van der Waals surface area contributed by atoms with Crippen molar-refractivity contribution >= 4 is 5.91 Å². The van der Waals surface area contributed by atoms with Crippen LogP contribution in [0.2, 0.25) is 0 Å². The van der Waals surface area contributed by atoms with E-state index in [1.54, 1.807) is 39.5 Å². The maximum atomic E-state index is 13.0. The number of nitrogens with zero attached hydrogens (tertiary/aromatic N) is 1. The smallest absolute Gasteiger partial charge is 0.255 e. The van der Waals surface area contributed by atoms with Gasteiger partial charge in [0.05, 0.1) is 32.9 Å². The molecule has 1 saturated heterocycles. The average molecular weight is 399 g/mol. The molecule has 1 aliphatic rings. The summed E-state index contributed by atoms with van der Waals surface area (Å²) in [5.41, 5.74) is 1.55. The van der Waals surface area contributed by atoms with Crippen molar-refractivity contribution in [3.8, 4) is 17.2 Å². The van der Waals surface area contributed by atoms with Gasteiger partial charge in [-0.05, 0) is 50.2 Å². The lowest BCUT2D eigenvalue weighted by Gasteiger charge is -2.35. The summed E-state index contributed by atoms with van der Waals surface area (Å²) >= 11 is 0. The second-order valence-electron chi connectivity index (χ2n) is 7.13. The summed E-state index contributed by atoms with van der Waals surface area (Å²) < 4.78 is 16.2. The van der Waals surface area contributed by atoms with Crippen LogP contribution in [0.25, 0.3) is 0 Å². The highest BCUT2D eigenvalue weighted by Gasteiger charge is 2.26. The zero-order valence-corrected chi connectivity index (χ0v) is 17.4. The minimum atomic E-state index is -0.183. The Labute approximate surface area is 172 Å². The summed E-state index contributed by atoms with van der Waals surface area (Å²) in [5.74, 6) is 1.80. The topological polar surface area (TPSA) is 60.0 Å². The van der Waals surface area contributed by atoms with Gasteiger partial charge >= 0.3 is 0 Å². The summed E-state index contributed by atoms with van der Waals surface area (Å²) in [6.07, 6.45) is 3.59. The lowest BCUT2D eigenvalue weighted by atomic mass is 10.0. The van der Waals surface area contributed by atoms with Crippen molar-refractivity contribution in [1.29, 1.82) is 0 Å². The van der Waals surface area contributed by atoms with Crippen molar-refractivity contribution in [2.24, 2.45) is 0 Å². The number of carbonyl (C=O) groups is 1. The third-order valence-electron chi connectivity index (χ3n) is 5.44. The molecule has 1 heterocycles. The molecular formula is C23H30N2O4. The number of amides is 1. The number of hydrogen-bond acceptors (Lipinski definition) is 5. The molecule has 29 heavy (non-hydrogen) atoms.